The van der Waals surface area contributed by atoms with Crippen LogP contribution in [0.15, 0.2) is 12.1 Å². The maximum absolute atomic E-state index is 13.3. The Balaban J connectivity index is 1.86. The molecule has 0 radical (unpaired) electrons. The summed E-state index contributed by atoms with van der Waals surface area (Å²) in [4.78, 5) is 2.12. The second-order valence-electron chi connectivity index (χ2n) is 4.77. The summed E-state index contributed by atoms with van der Waals surface area (Å²) >= 11 is 0. The molecule has 1 aromatic rings. The molecule has 0 bridgehead atoms. The standard InChI is InChI=1S/C13H17F3N2O/c14-10-3-4-11(13(16)12(10)15)17-7-9(19)8-18-5-1-2-6-18/h3-4,9,17,19H,1-2,5-8H2. The number of rotatable bonds is 5. The van der Waals surface area contributed by atoms with Crippen molar-refractivity contribution in [3.63, 3.8) is 0 Å². The van der Waals surface area contributed by atoms with Crippen LogP contribution in [0, 0.1) is 17.5 Å². The van der Waals surface area contributed by atoms with Crippen molar-refractivity contribution in [3.8, 4) is 0 Å². The van der Waals surface area contributed by atoms with Crippen LogP contribution < -0.4 is 5.32 Å². The van der Waals surface area contributed by atoms with Crippen LogP contribution in [0.4, 0.5) is 18.9 Å². The van der Waals surface area contributed by atoms with Gasteiger partial charge in [0.2, 0.25) is 0 Å². The Hall–Kier alpha value is -1.27. The molecule has 0 amide bonds. The molecule has 19 heavy (non-hydrogen) atoms. The summed E-state index contributed by atoms with van der Waals surface area (Å²) in [7, 11) is 0. The number of aliphatic hydroxyl groups excluding tert-OH is 1. The van der Waals surface area contributed by atoms with E-state index in [-0.39, 0.29) is 12.2 Å². The van der Waals surface area contributed by atoms with Crippen LogP contribution in [0.3, 0.4) is 0 Å². The molecule has 1 aromatic carbocycles. The van der Waals surface area contributed by atoms with Crippen molar-refractivity contribution in [2.75, 3.05) is 31.5 Å². The van der Waals surface area contributed by atoms with Crippen LogP contribution in [0.2, 0.25) is 0 Å². The number of nitrogens with one attached hydrogen (secondary N) is 1. The van der Waals surface area contributed by atoms with E-state index in [1.807, 2.05) is 0 Å². The molecule has 0 aliphatic carbocycles. The Morgan fingerprint density at radius 3 is 2.53 bits per heavy atom. The topological polar surface area (TPSA) is 35.5 Å². The lowest BCUT2D eigenvalue weighted by molar-refractivity contribution is 0.135. The van der Waals surface area contributed by atoms with Crippen LogP contribution in [0.5, 0.6) is 0 Å². The van der Waals surface area contributed by atoms with Crippen molar-refractivity contribution in [3.05, 3.63) is 29.6 Å². The number of anilines is 1. The third-order valence-corrected chi connectivity index (χ3v) is 3.23. The van der Waals surface area contributed by atoms with Gasteiger partial charge < -0.3 is 15.3 Å². The maximum atomic E-state index is 13.3. The quantitative estimate of drug-likeness (QED) is 0.806. The lowest BCUT2D eigenvalue weighted by atomic mass is 10.2. The van der Waals surface area contributed by atoms with Crippen molar-refractivity contribution < 1.29 is 18.3 Å². The van der Waals surface area contributed by atoms with Crippen molar-refractivity contribution in [1.29, 1.82) is 0 Å². The average molecular weight is 274 g/mol. The molecule has 0 spiro atoms. The van der Waals surface area contributed by atoms with Gasteiger partial charge in [0.15, 0.2) is 17.5 Å². The summed E-state index contributed by atoms with van der Waals surface area (Å²) in [5.74, 6) is -3.98. The Morgan fingerprint density at radius 1 is 1.16 bits per heavy atom. The zero-order valence-corrected chi connectivity index (χ0v) is 10.5. The number of halogens is 3. The molecule has 3 nitrogen and oxygen atoms in total. The van der Waals surface area contributed by atoms with E-state index in [2.05, 4.69) is 10.2 Å². The summed E-state index contributed by atoms with van der Waals surface area (Å²) < 4.78 is 39.1. The molecular weight excluding hydrogens is 257 g/mol. The Morgan fingerprint density at radius 2 is 1.84 bits per heavy atom. The Bertz CT molecular complexity index is 436. The number of β-amino-alcohol motifs (C(OH)–C–C–N with tert-alkyl or cyclic N) is 1. The number of hydrogen-bond donors (Lipinski definition) is 2. The van der Waals surface area contributed by atoms with E-state index in [4.69, 9.17) is 0 Å². The van der Waals surface area contributed by atoms with Gasteiger partial charge in [-0.2, -0.15) is 0 Å². The maximum Gasteiger partial charge on any atom is 0.196 e. The predicted octanol–water partition coefficient (Wildman–Crippen LogP) is 1.97. The molecule has 1 aliphatic rings. The van der Waals surface area contributed by atoms with Gasteiger partial charge >= 0.3 is 0 Å². The zero-order valence-electron chi connectivity index (χ0n) is 10.5. The minimum absolute atomic E-state index is 0.0957. The lowest BCUT2D eigenvalue weighted by Gasteiger charge is -2.20. The van der Waals surface area contributed by atoms with Gasteiger partial charge in [-0.1, -0.05) is 0 Å². The summed E-state index contributed by atoms with van der Waals surface area (Å²) in [6.45, 7) is 2.50. The molecule has 1 heterocycles. The van der Waals surface area contributed by atoms with Crippen molar-refractivity contribution in [2.24, 2.45) is 0 Å². The third-order valence-electron chi connectivity index (χ3n) is 3.23. The molecule has 6 heteroatoms. The van der Waals surface area contributed by atoms with Crippen LogP contribution in [0.1, 0.15) is 12.8 Å². The second-order valence-corrected chi connectivity index (χ2v) is 4.77. The summed E-state index contributed by atoms with van der Waals surface area (Å²) in [5.41, 5.74) is -0.139. The van der Waals surface area contributed by atoms with Crippen molar-refractivity contribution in [1.82, 2.24) is 4.90 Å². The van der Waals surface area contributed by atoms with Crippen LogP contribution in [-0.2, 0) is 0 Å². The van der Waals surface area contributed by atoms with Crippen LogP contribution in [-0.4, -0.2) is 42.3 Å². The van der Waals surface area contributed by atoms with E-state index in [1.165, 1.54) is 0 Å². The third kappa shape index (κ3) is 3.61. The molecule has 1 aliphatic heterocycles. The van der Waals surface area contributed by atoms with Gasteiger partial charge in [-0.15, -0.1) is 0 Å². The van der Waals surface area contributed by atoms with E-state index < -0.39 is 23.6 Å². The molecule has 1 saturated heterocycles. The number of nitrogens with zero attached hydrogens (tertiary/aromatic N) is 1. The second kappa shape index (κ2) is 6.25. The monoisotopic (exact) mass is 274 g/mol. The lowest BCUT2D eigenvalue weighted by Crippen LogP contribution is -2.34. The van der Waals surface area contributed by atoms with E-state index in [0.29, 0.717) is 6.54 Å². The SMILES string of the molecule is OC(CNc1ccc(F)c(F)c1F)CN1CCCC1. The first-order valence-electron chi connectivity index (χ1n) is 6.35. The minimum Gasteiger partial charge on any atom is -0.390 e. The van der Waals surface area contributed by atoms with Gasteiger partial charge in [-0.3, -0.25) is 0 Å². The van der Waals surface area contributed by atoms with Crippen molar-refractivity contribution >= 4 is 5.69 Å². The van der Waals surface area contributed by atoms with Gasteiger partial charge in [-0.05, 0) is 38.1 Å². The summed E-state index contributed by atoms with van der Waals surface area (Å²) in [6, 6.07) is 1.98. The normalized spacial score (nSPS) is 17.7. The van der Waals surface area contributed by atoms with E-state index >= 15 is 0 Å². The molecule has 2 N–H and O–H groups in total. The fourth-order valence-corrected chi connectivity index (χ4v) is 2.22. The predicted molar refractivity (Wildman–Crippen MR) is 66.5 cm³/mol. The first kappa shape index (κ1) is 14.1. The first-order valence-corrected chi connectivity index (χ1v) is 6.35. The molecular formula is C13H17F3N2O. The average Bonchev–Trinajstić information content (AvgIpc) is 2.88. The molecule has 2 rings (SSSR count). The highest BCUT2D eigenvalue weighted by Gasteiger charge is 2.17. The molecule has 106 valence electrons. The van der Waals surface area contributed by atoms with Crippen molar-refractivity contribution in [2.45, 2.75) is 18.9 Å². The van der Waals surface area contributed by atoms with Gasteiger partial charge in [0, 0.05) is 13.1 Å². The largest absolute Gasteiger partial charge is 0.390 e. The zero-order chi connectivity index (χ0) is 13.8. The fourth-order valence-electron chi connectivity index (χ4n) is 2.22. The molecule has 0 aromatic heterocycles. The fraction of sp³-hybridized carbons (Fsp3) is 0.538. The number of likely N-dealkylation sites (tertiary alicyclic amines) is 1. The van der Waals surface area contributed by atoms with E-state index in [9.17, 15) is 18.3 Å². The Labute approximate surface area is 110 Å². The smallest absolute Gasteiger partial charge is 0.196 e. The molecule has 1 fully saturated rings. The Kier molecular flexibility index (Phi) is 4.66. The summed E-state index contributed by atoms with van der Waals surface area (Å²) in [5, 5.41) is 12.4. The number of benzene rings is 1. The minimum atomic E-state index is -1.50. The highest BCUT2D eigenvalue weighted by atomic mass is 19.2. The van der Waals surface area contributed by atoms with E-state index in [1.54, 1.807) is 0 Å². The van der Waals surface area contributed by atoms with Gasteiger partial charge in [0.1, 0.15) is 0 Å². The highest BCUT2D eigenvalue weighted by Crippen LogP contribution is 2.19. The van der Waals surface area contributed by atoms with E-state index in [0.717, 1.165) is 38.1 Å². The van der Waals surface area contributed by atoms with Crippen LogP contribution >= 0.6 is 0 Å². The van der Waals surface area contributed by atoms with Gasteiger partial charge in [0.25, 0.3) is 0 Å². The number of aliphatic hydroxyl groups is 1. The highest BCUT2D eigenvalue weighted by molar-refractivity contribution is 5.45. The number of hydrogen-bond acceptors (Lipinski definition) is 3. The molecule has 1 unspecified atom stereocenters. The van der Waals surface area contributed by atoms with Gasteiger partial charge in [-0.25, -0.2) is 13.2 Å². The first-order chi connectivity index (χ1) is 9.08. The summed E-state index contributed by atoms with van der Waals surface area (Å²) in [6.07, 6.45) is 1.57. The molecule has 1 atom stereocenters. The molecule has 0 saturated carbocycles. The van der Waals surface area contributed by atoms with Gasteiger partial charge in [0.05, 0.1) is 11.8 Å². The van der Waals surface area contributed by atoms with Crippen LogP contribution in [0.25, 0.3) is 0 Å².